The molecule has 0 radical (unpaired) electrons. The number of rotatable bonds is 5. The quantitative estimate of drug-likeness (QED) is 0.889. The molecule has 1 atom stereocenters. The molecule has 0 bridgehead atoms. The minimum absolute atomic E-state index is 0.277. The first-order chi connectivity index (χ1) is 9.79. The number of carbonyl (C=O) groups is 1. The number of nitrogens with zero attached hydrogens (tertiary/aromatic N) is 3. The molecule has 0 aliphatic heterocycles. The van der Waals surface area contributed by atoms with Gasteiger partial charge in [-0.25, -0.2) is 0 Å². The summed E-state index contributed by atoms with van der Waals surface area (Å²) in [7, 11) is 0. The van der Waals surface area contributed by atoms with Crippen LogP contribution in [0.15, 0.2) is 48.7 Å². The molecule has 0 spiro atoms. The van der Waals surface area contributed by atoms with E-state index in [0.29, 0.717) is 12.1 Å². The summed E-state index contributed by atoms with van der Waals surface area (Å²) in [6.45, 7) is 0.277. The van der Waals surface area contributed by atoms with Crippen molar-refractivity contribution in [2.24, 2.45) is 5.92 Å². The maximum Gasteiger partial charge on any atom is 0.238 e. The molecule has 0 aliphatic carbocycles. The maximum atomic E-state index is 12.0. The number of carbonyl (C=O) groups excluding carboxylic acids is 1. The Morgan fingerprint density at radius 2 is 2.05 bits per heavy atom. The minimum Gasteiger partial charge on any atom is -0.349 e. The van der Waals surface area contributed by atoms with Crippen molar-refractivity contribution < 1.29 is 4.79 Å². The predicted molar refractivity (Wildman–Crippen MR) is 73.1 cm³/mol. The largest absolute Gasteiger partial charge is 0.349 e. The molecule has 1 aromatic heterocycles. The van der Waals surface area contributed by atoms with Crippen molar-refractivity contribution in [3.63, 3.8) is 0 Å². The maximum absolute atomic E-state index is 12.0. The van der Waals surface area contributed by atoms with Crippen molar-refractivity contribution in [2.75, 3.05) is 0 Å². The molecule has 0 aliphatic rings. The van der Waals surface area contributed by atoms with Gasteiger partial charge in [-0.15, -0.1) is 0 Å². The Morgan fingerprint density at radius 3 is 2.70 bits per heavy atom. The molecule has 0 saturated heterocycles. The number of amides is 1. The second-order valence-corrected chi connectivity index (χ2v) is 4.30. The molecule has 20 heavy (non-hydrogen) atoms. The molecular formula is C15H14N4O. The van der Waals surface area contributed by atoms with E-state index in [1.54, 1.807) is 18.3 Å². The lowest BCUT2D eigenvalue weighted by Gasteiger charge is -2.09. The van der Waals surface area contributed by atoms with E-state index in [2.05, 4.69) is 15.5 Å². The first kappa shape index (κ1) is 13.7. The van der Waals surface area contributed by atoms with Crippen LogP contribution in [-0.2, 0) is 17.8 Å². The first-order valence-corrected chi connectivity index (χ1v) is 6.27. The van der Waals surface area contributed by atoms with Crippen LogP contribution in [0, 0.1) is 17.2 Å². The fraction of sp³-hybridized carbons (Fsp3) is 0.200. The van der Waals surface area contributed by atoms with Crippen molar-refractivity contribution in [2.45, 2.75) is 13.0 Å². The number of nitriles is 1. The van der Waals surface area contributed by atoms with Crippen LogP contribution in [0.1, 0.15) is 11.3 Å². The lowest BCUT2D eigenvalue weighted by molar-refractivity contribution is -0.123. The normalized spacial score (nSPS) is 11.3. The average Bonchev–Trinajstić information content (AvgIpc) is 2.52. The minimum atomic E-state index is -0.700. The van der Waals surface area contributed by atoms with Gasteiger partial charge in [-0.3, -0.25) is 4.79 Å². The van der Waals surface area contributed by atoms with Crippen molar-refractivity contribution in [3.05, 3.63) is 59.9 Å². The third-order valence-corrected chi connectivity index (χ3v) is 2.83. The first-order valence-electron chi connectivity index (χ1n) is 6.27. The summed E-state index contributed by atoms with van der Waals surface area (Å²) in [6, 6.07) is 15.0. The van der Waals surface area contributed by atoms with Crippen LogP contribution in [0.5, 0.6) is 0 Å². The van der Waals surface area contributed by atoms with E-state index in [-0.39, 0.29) is 12.5 Å². The van der Waals surface area contributed by atoms with Crippen molar-refractivity contribution in [1.82, 2.24) is 15.5 Å². The summed E-state index contributed by atoms with van der Waals surface area (Å²) >= 11 is 0. The van der Waals surface area contributed by atoms with Gasteiger partial charge in [-0.2, -0.15) is 15.5 Å². The Bertz CT molecular complexity index is 592. The summed E-state index contributed by atoms with van der Waals surface area (Å²) in [5, 5.41) is 19.4. The van der Waals surface area contributed by atoms with Gasteiger partial charge in [0.15, 0.2) is 0 Å². The molecule has 2 aromatic rings. The third-order valence-electron chi connectivity index (χ3n) is 2.83. The molecule has 1 amide bonds. The van der Waals surface area contributed by atoms with Gasteiger partial charge in [0.1, 0.15) is 5.92 Å². The summed E-state index contributed by atoms with van der Waals surface area (Å²) < 4.78 is 0. The molecule has 0 fully saturated rings. The van der Waals surface area contributed by atoms with E-state index in [4.69, 9.17) is 5.26 Å². The zero-order valence-corrected chi connectivity index (χ0v) is 10.9. The Morgan fingerprint density at radius 1 is 1.25 bits per heavy atom. The Kier molecular flexibility index (Phi) is 4.79. The summed E-state index contributed by atoms with van der Waals surface area (Å²) in [4.78, 5) is 12.0. The van der Waals surface area contributed by atoms with E-state index in [9.17, 15) is 4.79 Å². The van der Waals surface area contributed by atoms with Crippen LogP contribution in [0.2, 0.25) is 0 Å². The molecule has 5 heteroatoms. The molecule has 5 nitrogen and oxygen atoms in total. The van der Waals surface area contributed by atoms with Gasteiger partial charge in [0.25, 0.3) is 0 Å². The number of nitrogens with one attached hydrogen (secondary N) is 1. The molecule has 0 saturated carbocycles. The lowest BCUT2D eigenvalue weighted by Crippen LogP contribution is -2.31. The molecule has 100 valence electrons. The number of aromatic nitrogens is 2. The lowest BCUT2D eigenvalue weighted by atomic mass is 10.00. The van der Waals surface area contributed by atoms with Crippen LogP contribution in [0.25, 0.3) is 0 Å². The second-order valence-electron chi connectivity index (χ2n) is 4.30. The molecule has 1 unspecified atom stereocenters. The number of benzene rings is 1. The highest BCUT2D eigenvalue weighted by Crippen LogP contribution is 2.08. The van der Waals surface area contributed by atoms with E-state index in [1.165, 1.54) is 0 Å². The molecule has 1 heterocycles. The molecule has 2 rings (SSSR count). The van der Waals surface area contributed by atoms with Crippen molar-refractivity contribution in [3.8, 4) is 6.07 Å². The summed E-state index contributed by atoms with van der Waals surface area (Å²) in [6.07, 6.45) is 1.97. The monoisotopic (exact) mass is 266 g/mol. The van der Waals surface area contributed by atoms with E-state index >= 15 is 0 Å². The van der Waals surface area contributed by atoms with Crippen molar-refractivity contribution in [1.29, 1.82) is 5.26 Å². The number of hydrogen-bond acceptors (Lipinski definition) is 4. The van der Waals surface area contributed by atoms with Gasteiger partial charge in [-0.05, 0) is 24.1 Å². The van der Waals surface area contributed by atoms with Gasteiger partial charge < -0.3 is 5.32 Å². The smallest absolute Gasteiger partial charge is 0.238 e. The van der Waals surface area contributed by atoms with Gasteiger partial charge in [0, 0.05) is 6.20 Å². The van der Waals surface area contributed by atoms with Gasteiger partial charge >= 0.3 is 0 Å². The predicted octanol–water partition coefficient (Wildman–Crippen LogP) is 1.48. The van der Waals surface area contributed by atoms with Gasteiger partial charge in [-0.1, -0.05) is 30.3 Å². The Labute approximate surface area is 117 Å². The highest BCUT2D eigenvalue weighted by Gasteiger charge is 2.18. The highest BCUT2D eigenvalue weighted by atomic mass is 16.1. The highest BCUT2D eigenvalue weighted by molar-refractivity contribution is 5.81. The fourth-order valence-corrected chi connectivity index (χ4v) is 1.78. The van der Waals surface area contributed by atoms with Crippen LogP contribution in [0.3, 0.4) is 0 Å². The van der Waals surface area contributed by atoms with Crippen molar-refractivity contribution >= 4 is 5.91 Å². The van der Waals surface area contributed by atoms with Gasteiger partial charge in [0.2, 0.25) is 5.91 Å². The van der Waals surface area contributed by atoms with Gasteiger partial charge in [0.05, 0.1) is 18.3 Å². The zero-order valence-electron chi connectivity index (χ0n) is 10.9. The van der Waals surface area contributed by atoms with E-state index in [1.807, 2.05) is 36.4 Å². The fourth-order valence-electron chi connectivity index (χ4n) is 1.78. The average molecular weight is 266 g/mol. The Balaban J connectivity index is 1.91. The van der Waals surface area contributed by atoms with Crippen LogP contribution in [-0.4, -0.2) is 16.1 Å². The van der Waals surface area contributed by atoms with Crippen LogP contribution >= 0.6 is 0 Å². The van der Waals surface area contributed by atoms with Crippen LogP contribution in [0.4, 0.5) is 0 Å². The topological polar surface area (TPSA) is 78.7 Å². The number of hydrogen-bond donors (Lipinski definition) is 1. The summed E-state index contributed by atoms with van der Waals surface area (Å²) in [5.41, 5.74) is 1.63. The van der Waals surface area contributed by atoms with E-state index < -0.39 is 5.92 Å². The third kappa shape index (κ3) is 3.89. The standard InChI is InChI=1S/C15H14N4O/c16-10-13(9-12-5-2-1-3-6-12)15(20)17-11-14-7-4-8-18-19-14/h1-8,13H,9,11H2,(H,17,20). The van der Waals surface area contributed by atoms with E-state index in [0.717, 1.165) is 5.56 Å². The zero-order chi connectivity index (χ0) is 14.2. The Hall–Kier alpha value is -2.74. The molecule has 1 N–H and O–H groups in total. The summed E-state index contributed by atoms with van der Waals surface area (Å²) in [5.74, 6) is -0.990. The SMILES string of the molecule is N#CC(Cc1ccccc1)C(=O)NCc1cccnn1. The van der Waals surface area contributed by atoms with Crippen LogP contribution < -0.4 is 5.32 Å². The molecule has 1 aromatic carbocycles. The second kappa shape index (κ2) is 7.00. The molecular weight excluding hydrogens is 252 g/mol.